The molecule has 0 aromatic heterocycles. The number of carbonyl (C=O) groups is 3. The lowest BCUT2D eigenvalue weighted by atomic mass is 10.2. The number of anilines is 1. The Morgan fingerprint density at radius 1 is 0.966 bits per heavy atom. The standard InChI is InChI=1S/C20H27N3O6/c1-3-9-28-16-6-5-15(13-17(16)29-10-4-2)23-19(25)18(24)22(20(23)26)14-21-7-11-27-12-8-21/h5-6,13H,3-4,7-12,14H2,1-2H3/p+1. The number of hydrogen-bond acceptors (Lipinski definition) is 6. The molecule has 2 saturated heterocycles. The first-order valence-corrected chi connectivity index (χ1v) is 10.1. The Hall–Kier alpha value is -2.65. The zero-order valence-corrected chi connectivity index (χ0v) is 16.9. The molecule has 0 spiro atoms. The smallest absolute Gasteiger partial charge is 0.343 e. The summed E-state index contributed by atoms with van der Waals surface area (Å²) in [6.07, 6.45) is 1.64. The molecule has 29 heavy (non-hydrogen) atoms. The van der Waals surface area contributed by atoms with Crippen LogP contribution in [0.25, 0.3) is 0 Å². The van der Waals surface area contributed by atoms with Crippen molar-refractivity contribution in [3.63, 3.8) is 0 Å². The maximum absolute atomic E-state index is 12.9. The van der Waals surface area contributed by atoms with E-state index in [1.807, 2.05) is 13.8 Å². The second kappa shape index (κ2) is 9.71. The van der Waals surface area contributed by atoms with E-state index in [1.54, 1.807) is 18.2 Å². The van der Waals surface area contributed by atoms with E-state index in [-0.39, 0.29) is 6.67 Å². The molecule has 0 unspecified atom stereocenters. The second-order valence-corrected chi connectivity index (χ2v) is 7.00. The van der Waals surface area contributed by atoms with E-state index in [4.69, 9.17) is 14.2 Å². The highest BCUT2D eigenvalue weighted by atomic mass is 16.5. The molecule has 1 N–H and O–H groups in total. The van der Waals surface area contributed by atoms with Gasteiger partial charge in [-0.15, -0.1) is 0 Å². The van der Waals surface area contributed by atoms with Crippen LogP contribution in [0.4, 0.5) is 10.5 Å². The van der Waals surface area contributed by atoms with Crippen molar-refractivity contribution in [2.45, 2.75) is 26.7 Å². The molecule has 9 nitrogen and oxygen atoms in total. The normalized spacial score (nSPS) is 17.9. The van der Waals surface area contributed by atoms with Gasteiger partial charge in [0.15, 0.2) is 18.2 Å². The van der Waals surface area contributed by atoms with Crippen LogP contribution in [0.3, 0.4) is 0 Å². The lowest BCUT2D eigenvalue weighted by molar-refractivity contribution is -0.915. The number of quaternary nitrogens is 1. The number of urea groups is 1. The summed E-state index contributed by atoms with van der Waals surface area (Å²) in [7, 11) is 0. The van der Waals surface area contributed by atoms with Crippen LogP contribution >= 0.6 is 0 Å². The van der Waals surface area contributed by atoms with Crippen molar-refractivity contribution in [1.29, 1.82) is 0 Å². The summed E-state index contributed by atoms with van der Waals surface area (Å²) in [5.41, 5.74) is 0.294. The average molecular weight is 406 g/mol. The number of benzene rings is 1. The number of imide groups is 2. The number of hydrogen-bond donors (Lipinski definition) is 1. The highest BCUT2D eigenvalue weighted by molar-refractivity contribution is 6.52. The predicted octanol–water partition coefficient (Wildman–Crippen LogP) is 0.432. The maximum atomic E-state index is 12.9. The van der Waals surface area contributed by atoms with Gasteiger partial charge in [-0.1, -0.05) is 13.8 Å². The van der Waals surface area contributed by atoms with E-state index in [0.29, 0.717) is 56.7 Å². The van der Waals surface area contributed by atoms with E-state index in [1.165, 1.54) is 0 Å². The van der Waals surface area contributed by atoms with Crippen LogP contribution in [0, 0.1) is 0 Å². The minimum Gasteiger partial charge on any atom is -0.490 e. The van der Waals surface area contributed by atoms with E-state index in [2.05, 4.69) is 0 Å². The largest absolute Gasteiger partial charge is 0.490 e. The minimum absolute atomic E-state index is 0.153. The Kier molecular flexibility index (Phi) is 7.05. The van der Waals surface area contributed by atoms with Gasteiger partial charge in [0.2, 0.25) is 0 Å². The molecule has 0 aliphatic carbocycles. The fourth-order valence-corrected chi connectivity index (χ4v) is 3.21. The zero-order valence-electron chi connectivity index (χ0n) is 16.9. The number of nitrogens with zero attached hydrogens (tertiary/aromatic N) is 2. The van der Waals surface area contributed by atoms with Crippen molar-refractivity contribution >= 4 is 23.5 Å². The SMILES string of the molecule is CCCOc1ccc(N2C(=O)C(=O)N(C[NH+]3CCOCC3)C2=O)cc1OCCC. The van der Waals surface area contributed by atoms with Gasteiger partial charge in [0.1, 0.15) is 13.1 Å². The summed E-state index contributed by atoms with van der Waals surface area (Å²) in [6, 6.07) is 4.20. The van der Waals surface area contributed by atoms with Gasteiger partial charge in [-0.2, -0.15) is 0 Å². The second-order valence-electron chi connectivity index (χ2n) is 7.00. The lowest BCUT2D eigenvalue weighted by Crippen LogP contribution is -3.15. The van der Waals surface area contributed by atoms with Crippen molar-refractivity contribution in [2.24, 2.45) is 0 Å². The molecule has 3 rings (SSSR count). The molecule has 4 amide bonds. The van der Waals surface area contributed by atoms with Crippen molar-refractivity contribution in [1.82, 2.24) is 4.90 Å². The molecule has 2 heterocycles. The predicted molar refractivity (Wildman–Crippen MR) is 104 cm³/mol. The molecule has 0 bridgehead atoms. The van der Waals surface area contributed by atoms with Crippen molar-refractivity contribution in [3.05, 3.63) is 18.2 Å². The number of nitrogens with one attached hydrogen (secondary N) is 1. The van der Waals surface area contributed by atoms with E-state index < -0.39 is 17.8 Å². The zero-order chi connectivity index (χ0) is 20.8. The molecule has 0 radical (unpaired) electrons. The molecular weight excluding hydrogens is 378 g/mol. The topological polar surface area (TPSA) is 89.8 Å². The Morgan fingerprint density at radius 2 is 1.62 bits per heavy atom. The van der Waals surface area contributed by atoms with Gasteiger partial charge >= 0.3 is 17.8 Å². The van der Waals surface area contributed by atoms with E-state index in [0.717, 1.165) is 27.5 Å². The van der Waals surface area contributed by atoms with Crippen molar-refractivity contribution < 1.29 is 33.5 Å². The van der Waals surface area contributed by atoms with Crippen molar-refractivity contribution in [2.75, 3.05) is 51.1 Å². The Bertz CT molecular complexity index is 763. The third-order valence-electron chi connectivity index (χ3n) is 4.74. The van der Waals surface area contributed by atoms with Crippen LogP contribution in [0.1, 0.15) is 26.7 Å². The number of ether oxygens (including phenoxy) is 3. The molecule has 1 aromatic carbocycles. The average Bonchev–Trinajstić information content (AvgIpc) is 2.95. The number of carbonyl (C=O) groups excluding carboxylic acids is 3. The fraction of sp³-hybridized carbons (Fsp3) is 0.550. The highest BCUT2D eigenvalue weighted by Gasteiger charge is 2.47. The molecule has 2 fully saturated rings. The Morgan fingerprint density at radius 3 is 2.28 bits per heavy atom. The fourth-order valence-electron chi connectivity index (χ4n) is 3.21. The monoisotopic (exact) mass is 406 g/mol. The van der Waals surface area contributed by atoms with Crippen LogP contribution < -0.4 is 19.3 Å². The maximum Gasteiger partial charge on any atom is 0.343 e. The minimum atomic E-state index is -0.855. The molecular formula is C20H28N3O6+. The van der Waals surface area contributed by atoms with Gasteiger partial charge in [0.05, 0.1) is 32.1 Å². The summed E-state index contributed by atoms with van der Waals surface area (Å²) in [5, 5.41) is 0. The summed E-state index contributed by atoms with van der Waals surface area (Å²) in [4.78, 5) is 40.8. The van der Waals surface area contributed by atoms with Gasteiger partial charge in [-0.3, -0.25) is 9.59 Å². The van der Waals surface area contributed by atoms with Crippen LogP contribution in [0.15, 0.2) is 18.2 Å². The molecule has 9 heteroatoms. The van der Waals surface area contributed by atoms with Gasteiger partial charge in [-0.05, 0) is 25.0 Å². The summed E-state index contributed by atoms with van der Waals surface area (Å²) in [6.45, 7) is 7.64. The highest BCUT2D eigenvalue weighted by Crippen LogP contribution is 2.34. The summed E-state index contributed by atoms with van der Waals surface area (Å²) in [5.74, 6) is -0.671. The molecule has 1 aromatic rings. The van der Waals surface area contributed by atoms with Gasteiger partial charge in [0, 0.05) is 6.07 Å². The Labute approximate surface area is 170 Å². The van der Waals surface area contributed by atoms with E-state index >= 15 is 0 Å². The van der Waals surface area contributed by atoms with Crippen LogP contribution in [-0.4, -0.2) is 68.9 Å². The molecule has 0 atom stereocenters. The van der Waals surface area contributed by atoms with Gasteiger partial charge in [0.25, 0.3) is 0 Å². The first-order chi connectivity index (χ1) is 14.1. The lowest BCUT2D eigenvalue weighted by Gasteiger charge is -2.26. The number of amides is 4. The molecule has 0 saturated carbocycles. The quantitative estimate of drug-likeness (QED) is 0.473. The third kappa shape index (κ3) is 4.68. The number of rotatable bonds is 9. The van der Waals surface area contributed by atoms with Crippen LogP contribution in [-0.2, 0) is 14.3 Å². The van der Waals surface area contributed by atoms with Crippen LogP contribution in [0.2, 0.25) is 0 Å². The van der Waals surface area contributed by atoms with Gasteiger partial charge in [-0.25, -0.2) is 14.6 Å². The number of morpholine rings is 1. The van der Waals surface area contributed by atoms with Crippen molar-refractivity contribution in [3.8, 4) is 11.5 Å². The summed E-state index contributed by atoms with van der Waals surface area (Å²) < 4.78 is 16.7. The molecule has 2 aliphatic heterocycles. The first-order valence-electron chi connectivity index (χ1n) is 10.1. The van der Waals surface area contributed by atoms with Gasteiger partial charge < -0.3 is 19.1 Å². The molecule has 158 valence electrons. The van der Waals surface area contributed by atoms with Crippen LogP contribution in [0.5, 0.6) is 11.5 Å². The molecule has 2 aliphatic rings. The third-order valence-corrected chi connectivity index (χ3v) is 4.74. The van der Waals surface area contributed by atoms with E-state index in [9.17, 15) is 14.4 Å². The Balaban J connectivity index is 1.81. The first kappa shape index (κ1) is 21.1. The summed E-state index contributed by atoms with van der Waals surface area (Å²) >= 11 is 0.